The minimum absolute atomic E-state index is 0.319. The molecule has 0 unspecified atom stereocenters. The Morgan fingerprint density at radius 2 is 2.13 bits per heavy atom. The normalized spacial score (nSPS) is 11.3. The van der Waals surface area contributed by atoms with Crippen LogP contribution >= 0.6 is 0 Å². The lowest BCUT2D eigenvalue weighted by Crippen LogP contribution is -1.84. The summed E-state index contributed by atoms with van der Waals surface area (Å²) in [5.74, 6) is 0.319. The van der Waals surface area contributed by atoms with Crippen LogP contribution in [0.4, 0.5) is 5.88 Å². The number of nitrogen functional groups attached to an aromatic ring is 1. The maximum atomic E-state index is 5.63. The molecule has 0 atom stereocenters. The molecule has 15 heavy (non-hydrogen) atoms. The van der Waals surface area contributed by atoms with Crippen molar-refractivity contribution in [2.24, 2.45) is 0 Å². The fourth-order valence-corrected chi connectivity index (χ4v) is 1.66. The first-order valence-corrected chi connectivity index (χ1v) is 4.66. The van der Waals surface area contributed by atoms with Crippen molar-refractivity contribution in [2.45, 2.75) is 6.92 Å². The van der Waals surface area contributed by atoms with Gasteiger partial charge in [-0.1, -0.05) is 17.3 Å². The van der Waals surface area contributed by atoms with E-state index in [0.717, 1.165) is 16.3 Å². The van der Waals surface area contributed by atoms with Gasteiger partial charge in [0.1, 0.15) is 0 Å². The van der Waals surface area contributed by atoms with Crippen LogP contribution in [0.3, 0.4) is 0 Å². The zero-order valence-electron chi connectivity index (χ0n) is 8.19. The van der Waals surface area contributed by atoms with Gasteiger partial charge in [-0.25, -0.2) is 4.98 Å². The smallest absolute Gasteiger partial charge is 0.231 e. The molecule has 0 radical (unpaired) electrons. The van der Waals surface area contributed by atoms with Crippen LogP contribution in [0.15, 0.2) is 28.8 Å². The highest BCUT2D eigenvalue weighted by molar-refractivity contribution is 5.95. The number of anilines is 1. The van der Waals surface area contributed by atoms with E-state index in [1.54, 1.807) is 0 Å². The van der Waals surface area contributed by atoms with Gasteiger partial charge in [0.25, 0.3) is 0 Å². The minimum Gasteiger partial charge on any atom is -0.367 e. The van der Waals surface area contributed by atoms with Gasteiger partial charge in [-0.2, -0.15) is 0 Å². The second-order valence-corrected chi connectivity index (χ2v) is 3.60. The lowest BCUT2D eigenvalue weighted by atomic mass is 10.1. The van der Waals surface area contributed by atoms with Crippen LogP contribution in [-0.2, 0) is 0 Å². The number of rotatable bonds is 0. The van der Waals surface area contributed by atoms with Crippen molar-refractivity contribution >= 4 is 27.8 Å². The molecule has 74 valence electrons. The highest BCUT2D eigenvalue weighted by atomic mass is 16.5. The molecule has 2 aromatic heterocycles. The lowest BCUT2D eigenvalue weighted by molar-refractivity contribution is 0.443. The quantitative estimate of drug-likeness (QED) is 0.603. The van der Waals surface area contributed by atoms with Gasteiger partial charge in [-0.05, 0) is 24.6 Å². The van der Waals surface area contributed by atoms with Gasteiger partial charge in [-0.15, -0.1) is 0 Å². The fraction of sp³-hybridized carbons (Fsp3) is 0.0909. The van der Waals surface area contributed by atoms with Crippen LogP contribution in [-0.4, -0.2) is 10.1 Å². The van der Waals surface area contributed by atoms with Crippen molar-refractivity contribution in [1.82, 2.24) is 10.1 Å². The van der Waals surface area contributed by atoms with E-state index in [1.165, 1.54) is 5.56 Å². The number of nitrogens with two attached hydrogens (primary N) is 1. The first kappa shape index (κ1) is 8.23. The van der Waals surface area contributed by atoms with Crippen molar-refractivity contribution in [2.75, 3.05) is 5.73 Å². The maximum absolute atomic E-state index is 5.63. The third kappa shape index (κ3) is 1.15. The maximum Gasteiger partial charge on any atom is 0.231 e. The summed E-state index contributed by atoms with van der Waals surface area (Å²) in [7, 11) is 0. The first-order valence-electron chi connectivity index (χ1n) is 4.66. The summed E-state index contributed by atoms with van der Waals surface area (Å²) in [6, 6.07) is 8.02. The van der Waals surface area contributed by atoms with Gasteiger partial charge in [0, 0.05) is 5.39 Å². The van der Waals surface area contributed by atoms with Crippen LogP contribution in [0, 0.1) is 6.92 Å². The molecule has 0 amide bonds. The Labute approximate surface area is 85.7 Å². The van der Waals surface area contributed by atoms with Gasteiger partial charge < -0.3 is 10.3 Å². The summed E-state index contributed by atoms with van der Waals surface area (Å²) in [6.45, 7) is 2.03. The van der Waals surface area contributed by atoms with Gasteiger partial charge in [0.2, 0.25) is 11.5 Å². The molecule has 0 spiro atoms. The third-order valence-electron chi connectivity index (χ3n) is 2.45. The molecule has 1 aromatic carbocycles. The molecule has 3 rings (SSSR count). The summed E-state index contributed by atoms with van der Waals surface area (Å²) in [5.41, 5.74) is 8.27. The van der Waals surface area contributed by atoms with E-state index in [2.05, 4.69) is 10.1 Å². The van der Waals surface area contributed by atoms with E-state index >= 15 is 0 Å². The minimum atomic E-state index is 0.319. The lowest BCUT2D eigenvalue weighted by Gasteiger charge is -1.97. The number of aromatic nitrogens is 2. The average molecular weight is 199 g/mol. The predicted molar refractivity (Wildman–Crippen MR) is 58.5 cm³/mol. The summed E-state index contributed by atoms with van der Waals surface area (Å²) < 4.78 is 4.88. The Morgan fingerprint density at radius 3 is 3.00 bits per heavy atom. The molecule has 4 heteroatoms. The van der Waals surface area contributed by atoms with E-state index in [-0.39, 0.29) is 0 Å². The average Bonchev–Trinajstić information content (AvgIpc) is 2.57. The molecule has 0 bridgehead atoms. The molecule has 0 aliphatic heterocycles. The van der Waals surface area contributed by atoms with Crippen LogP contribution < -0.4 is 5.73 Å². The van der Waals surface area contributed by atoms with Crippen LogP contribution in [0.5, 0.6) is 0 Å². The second-order valence-electron chi connectivity index (χ2n) is 3.60. The summed E-state index contributed by atoms with van der Waals surface area (Å²) in [5, 5.41) is 5.60. The topological polar surface area (TPSA) is 64.9 Å². The SMILES string of the molecule is Cc1ccc2cc3c(N)onc3nc2c1. The van der Waals surface area contributed by atoms with E-state index in [1.807, 2.05) is 31.2 Å². The Balaban J connectivity index is 2.49. The molecule has 0 saturated heterocycles. The zero-order chi connectivity index (χ0) is 10.4. The summed E-state index contributed by atoms with van der Waals surface area (Å²) in [6.07, 6.45) is 0. The molecule has 2 heterocycles. The van der Waals surface area contributed by atoms with E-state index in [4.69, 9.17) is 10.3 Å². The zero-order valence-corrected chi connectivity index (χ0v) is 8.19. The van der Waals surface area contributed by atoms with Gasteiger partial charge in [-0.3, -0.25) is 0 Å². The van der Waals surface area contributed by atoms with Crippen molar-refractivity contribution < 1.29 is 4.52 Å². The van der Waals surface area contributed by atoms with Gasteiger partial charge >= 0.3 is 0 Å². The van der Waals surface area contributed by atoms with Crippen molar-refractivity contribution in [1.29, 1.82) is 0 Å². The Hall–Kier alpha value is -2.10. The highest BCUT2D eigenvalue weighted by Gasteiger charge is 2.07. The number of aryl methyl sites for hydroxylation is 1. The Bertz CT molecular complexity index is 657. The molecular formula is C11H9N3O. The number of hydrogen-bond acceptors (Lipinski definition) is 4. The molecule has 0 aliphatic rings. The molecular weight excluding hydrogens is 190 g/mol. The molecule has 0 fully saturated rings. The van der Waals surface area contributed by atoms with E-state index < -0.39 is 0 Å². The number of nitrogens with zero attached hydrogens (tertiary/aromatic N) is 2. The van der Waals surface area contributed by atoms with Crippen LogP contribution in [0.2, 0.25) is 0 Å². The molecule has 4 nitrogen and oxygen atoms in total. The Kier molecular flexibility index (Phi) is 1.48. The Morgan fingerprint density at radius 1 is 1.27 bits per heavy atom. The highest BCUT2D eigenvalue weighted by Crippen LogP contribution is 2.23. The standard InChI is InChI=1S/C11H9N3O/c1-6-2-3-7-5-8-10(12)15-14-11(8)13-9(7)4-6/h2-5H,12H2,1H3. The number of hydrogen-bond donors (Lipinski definition) is 1. The fourth-order valence-electron chi connectivity index (χ4n) is 1.66. The van der Waals surface area contributed by atoms with E-state index in [9.17, 15) is 0 Å². The van der Waals surface area contributed by atoms with Crippen molar-refractivity contribution in [3.8, 4) is 0 Å². The number of pyridine rings is 1. The summed E-state index contributed by atoms with van der Waals surface area (Å²) in [4.78, 5) is 4.37. The van der Waals surface area contributed by atoms with Gasteiger partial charge in [0.05, 0.1) is 10.9 Å². The molecule has 2 N–H and O–H groups in total. The summed E-state index contributed by atoms with van der Waals surface area (Å²) >= 11 is 0. The van der Waals surface area contributed by atoms with Crippen molar-refractivity contribution in [3.05, 3.63) is 29.8 Å². The monoisotopic (exact) mass is 199 g/mol. The first-order chi connectivity index (χ1) is 7.24. The van der Waals surface area contributed by atoms with Gasteiger partial charge in [0.15, 0.2) is 0 Å². The molecule has 0 saturated carbocycles. The van der Waals surface area contributed by atoms with E-state index in [0.29, 0.717) is 11.5 Å². The van der Waals surface area contributed by atoms with Crippen LogP contribution in [0.1, 0.15) is 5.56 Å². The van der Waals surface area contributed by atoms with Crippen LogP contribution in [0.25, 0.3) is 21.9 Å². The molecule has 0 aliphatic carbocycles. The second kappa shape index (κ2) is 2.70. The number of fused-ring (bicyclic) bond motifs is 2. The molecule has 3 aromatic rings. The third-order valence-corrected chi connectivity index (χ3v) is 2.45. The predicted octanol–water partition coefficient (Wildman–Crippen LogP) is 2.27. The van der Waals surface area contributed by atoms with Crippen molar-refractivity contribution in [3.63, 3.8) is 0 Å². The number of benzene rings is 1. The largest absolute Gasteiger partial charge is 0.367 e.